The van der Waals surface area contributed by atoms with Gasteiger partial charge in [0.05, 0.1) is 11.0 Å². The van der Waals surface area contributed by atoms with Crippen molar-refractivity contribution in [1.29, 1.82) is 0 Å². The minimum Gasteiger partial charge on any atom is -0.310 e. The monoisotopic (exact) mass is 757 g/mol. The average molecular weight is 758 g/mol. The molecule has 0 saturated heterocycles. The first-order valence-corrected chi connectivity index (χ1v) is 20.3. The Morgan fingerprint density at radius 3 is 1.07 bits per heavy atom. The molecule has 3 heteroatoms. The van der Waals surface area contributed by atoms with E-state index in [2.05, 4.69) is 253 Å². The summed E-state index contributed by atoms with van der Waals surface area (Å²) in [6, 6.07) is 81.1. The van der Waals surface area contributed by atoms with Gasteiger partial charge in [0.1, 0.15) is 0 Å². The lowest BCUT2D eigenvalue weighted by molar-refractivity contribution is 1.18. The average Bonchev–Trinajstić information content (AvgIpc) is 3.61. The number of fused-ring (bicyclic) bond motifs is 3. The van der Waals surface area contributed by atoms with E-state index < -0.39 is 0 Å². The van der Waals surface area contributed by atoms with Crippen LogP contribution in [0.2, 0.25) is 0 Å². The Morgan fingerprint density at radius 1 is 0.288 bits per heavy atom. The van der Waals surface area contributed by atoms with Crippen molar-refractivity contribution in [1.82, 2.24) is 4.57 Å². The zero-order valence-corrected chi connectivity index (χ0v) is 33.2. The molecule has 0 bridgehead atoms. The van der Waals surface area contributed by atoms with E-state index in [1.807, 2.05) is 0 Å². The summed E-state index contributed by atoms with van der Waals surface area (Å²) >= 11 is 0. The topological polar surface area (TPSA) is 11.4 Å². The number of para-hydroxylation sites is 3. The molecule has 9 aromatic carbocycles. The third-order valence-corrected chi connectivity index (χ3v) is 11.2. The van der Waals surface area contributed by atoms with E-state index in [0.29, 0.717) is 0 Å². The predicted molar refractivity (Wildman–Crippen MR) is 250 cm³/mol. The van der Waals surface area contributed by atoms with Gasteiger partial charge in [0.25, 0.3) is 0 Å². The molecule has 0 aliphatic rings. The number of anilines is 6. The number of nitrogens with zero attached hydrogens (tertiary/aromatic N) is 3. The number of rotatable bonds is 9. The molecular formula is C56H43N3. The van der Waals surface area contributed by atoms with E-state index in [9.17, 15) is 0 Å². The molecule has 0 N–H and O–H groups in total. The van der Waals surface area contributed by atoms with Crippen molar-refractivity contribution in [2.45, 2.75) is 13.8 Å². The second kappa shape index (κ2) is 15.4. The molecular weight excluding hydrogens is 715 g/mol. The molecule has 0 amide bonds. The van der Waals surface area contributed by atoms with Gasteiger partial charge in [0.15, 0.2) is 0 Å². The van der Waals surface area contributed by atoms with E-state index in [-0.39, 0.29) is 0 Å². The van der Waals surface area contributed by atoms with Gasteiger partial charge in [0.2, 0.25) is 0 Å². The van der Waals surface area contributed by atoms with Gasteiger partial charge in [-0.15, -0.1) is 0 Å². The smallest absolute Gasteiger partial charge is 0.0541 e. The van der Waals surface area contributed by atoms with Crippen molar-refractivity contribution >= 4 is 55.9 Å². The molecule has 0 aliphatic heterocycles. The fourth-order valence-electron chi connectivity index (χ4n) is 8.47. The molecule has 0 unspecified atom stereocenters. The zero-order chi connectivity index (χ0) is 39.7. The lowest BCUT2D eigenvalue weighted by atomic mass is 9.99. The maximum absolute atomic E-state index is 2.40. The van der Waals surface area contributed by atoms with Crippen LogP contribution >= 0.6 is 0 Å². The van der Waals surface area contributed by atoms with Crippen LogP contribution in [0, 0.1) is 13.8 Å². The van der Waals surface area contributed by atoms with E-state index in [1.165, 1.54) is 55.2 Å². The molecule has 0 fully saturated rings. The molecule has 10 aromatic rings. The highest BCUT2D eigenvalue weighted by molar-refractivity contribution is 6.11. The van der Waals surface area contributed by atoms with Gasteiger partial charge in [-0.2, -0.15) is 0 Å². The van der Waals surface area contributed by atoms with E-state index in [0.717, 1.165) is 39.8 Å². The summed E-state index contributed by atoms with van der Waals surface area (Å²) in [5.74, 6) is 0. The van der Waals surface area contributed by atoms with Crippen LogP contribution in [0.3, 0.4) is 0 Å². The Kier molecular flexibility index (Phi) is 9.32. The Labute approximate surface area is 346 Å². The lowest BCUT2D eigenvalue weighted by Gasteiger charge is -2.26. The maximum atomic E-state index is 2.40. The van der Waals surface area contributed by atoms with Crippen molar-refractivity contribution in [3.05, 3.63) is 236 Å². The normalized spacial score (nSPS) is 11.2. The van der Waals surface area contributed by atoms with Gasteiger partial charge >= 0.3 is 0 Å². The molecule has 282 valence electrons. The van der Waals surface area contributed by atoms with Gasteiger partial charge in [-0.25, -0.2) is 0 Å². The Hall–Kier alpha value is -7.62. The first kappa shape index (κ1) is 35.8. The largest absolute Gasteiger partial charge is 0.310 e. The number of aryl methyl sites for hydroxylation is 2. The highest BCUT2D eigenvalue weighted by Crippen LogP contribution is 2.41. The first-order chi connectivity index (χ1) is 29.1. The van der Waals surface area contributed by atoms with Crippen molar-refractivity contribution in [2.75, 3.05) is 9.80 Å². The molecule has 59 heavy (non-hydrogen) atoms. The summed E-state index contributed by atoms with van der Waals surface area (Å²) in [6.07, 6.45) is 0. The van der Waals surface area contributed by atoms with E-state index >= 15 is 0 Å². The summed E-state index contributed by atoms with van der Waals surface area (Å²) in [5.41, 5.74) is 17.4. The minimum atomic E-state index is 1.11. The van der Waals surface area contributed by atoms with Crippen molar-refractivity contribution in [3.8, 4) is 27.9 Å². The first-order valence-electron chi connectivity index (χ1n) is 20.3. The SMILES string of the molecule is Cc1cccc(N(c2ccccc2)c2cccc(-c3ccc4c(c3)c3cc(-c5cccc(N(c6ccccc6)c6cccc(C)c6)c5)ccc3n4-c3ccccc3)c2)c1. The zero-order valence-electron chi connectivity index (χ0n) is 33.2. The molecule has 0 radical (unpaired) electrons. The number of hydrogen-bond donors (Lipinski definition) is 0. The van der Waals surface area contributed by atoms with Crippen molar-refractivity contribution in [2.24, 2.45) is 0 Å². The van der Waals surface area contributed by atoms with E-state index in [4.69, 9.17) is 0 Å². The van der Waals surface area contributed by atoms with Gasteiger partial charge in [-0.1, -0.05) is 115 Å². The predicted octanol–water partition coefficient (Wildman–Crippen LogP) is 15.7. The molecule has 1 aromatic heterocycles. The summed E-state index contributed by atoms with van der Waals surface area (Å²) in [4.78, 5) is 4.68. The molecule has 0 saturated carbocycles. The van der Waals surface area contributed by atoms with Crippen LogP contribution < -0.4 is 9.80 Å². The maximum Gasteiger partial charge on any atom is 0.0541 e. The number of benzene rings is 9. The summed E-state index contributed by atoms with van der Waals surface area (Å²) in [6.45, 7) is 4.30. The second-order valence-electron chi connectivity index (χ2n) is 15.3. The quantitative estimate of drug-likeness (QED) is 0.145. The van der Waals surface area contributed by atoms with Crippen molar-refractivity contribution < 1.29 is 0 Å². The fraction of sp³-hybridized carbons (Fsp3) is 0.0357. The Bertz CT molecular complexity index is 2890. The highest BCUT2D eigenvalue weighted by Gasteiger charge is 2.18. The molecule has 0 atom stereocenters. The third-order valence-electron chi connectivity index (χ3n) is 11.2. The third kappa shape index (κ3) is 6.94. The van der Waals surface area contributed by atoms with Crippen LogP contribution in [0.25, 0.3) is 49.7 Å². The summed E-state index contributed by atoms with van der Waals surface area (Å²) in [7, 11) is 0. The van der Waals surface area contributed by atoms with Gasteiger partial charge in [-0.3, -0.25) is 0 Å². The second-order valence-corrected chi connectivity index (χ2v) is 15.3. The van der Waals surface area contributed by atoms with Crippen molar-refractivity contribution in [3.63, 3.8) is 0 Å². The Morgan fingerprint density at radius 2 is 0.644 bits per heavy atom. The van der Waals surface area contributed by atoms with Crippen LogP contribution in [0.5, 0.6) is 0 Å². The molecule has 0 spiro atoms. The number of hydrogen-bond acceptors (Lipinski definition) is 2. The lowest BCUT2D eigenvalue weighted by Crippen LogP contribution is -2.10. The molecule has 1 heterocycles. The van der Waals surface area contributed by atoms with E-state index in [1.54, 1.807) is 0 Å². The summed E-state index contributed by atoms with van der Waals surface area (Å²) in [5, 5.41) is 2.43. The highest BCUT2D eigenvalue weighted by atomic mass is 15.1. The fourth-order valence-corrected chi connectivity index (χ4v) is 8.47. The molecule has 10 rings (SSSR count). The minimum absolute atomic E-state index is 1.11. The van der Waals surface area contributed by atoms with Gasteiger partial charge < -0.3 is 14.4 Å². The number of aromatic nitrogens is 1. The van der Waals surface area contributed by atoms with Gasteiger partial charge in [0, 0.05) is 50.6 Å². The summed E-state index contributed by atoms with van der Waals surface area (Å²) < 4.78 is 2.40. The van der Waals surface area contributed by atoms with Crippen LogP contribution in [-0.4, -0.2) is 4.57 Å². The van der Waals surface area contributed by atoms with Crippen LogP contribution in [-0.2, 0) is 0 Å². The standard InChI is InChI=1S/C56H43N3/c1-40-16-12-26-49(34-40)57(46-20-6-3-7-21-46)51-28-14-18-42(36-51)44-30-32-55-53(38-44)54-39-45(31-33-56(54)59(55)48-24-10-5-11-25-48)43-19-15-29-52(37-43)58(47-22-8-4-9-23-47)50-27-13-17-41(2)35-50/h3-39H,1-2H3. The van der Waals surface area contributed by atoms with Crippen LogP contribution in [0.15, 0.2) is 224 Å². The molecule has 0 aliphatic carbocycles. The van der Waals surface area contributed by atoms with Crippen LogP contribution in [0.4, 0.5) is 34.1 Å². The van der Waals surface area contributed by atoms with Gasteiger partial charge in [-0.05, 0) is 156 Å². The Balaban J connectivity index is 1.11. The van der Waals surface area contributed by atoms with Crippen LogP contribution in [0.1, 0.15) is 11.1 Å². The molecule has 3 nitrogen and oxygen atoms in total.